The van der Waals surface area contributed by atoms with E-state index in [2.05, 4.69) is 32.6 Å². The molecule has 220 valence electrons. The van der Waals surface area contributed by atoms with E-state index in [1.54, 1.807) is 12.1 Å². The van der Waals surface area contributed by atoms with Crippen molar-refractivity contribution in [3.8, 4) is 5.75 Å². The van der Waals surface area contributed by atoms with Gasteiger partial charge >= 0.3 is 0 Å². The van der Waals surface area contributed by atoms with Crippen molar-refractivity contribution in [2.75, 3.05) is 39.5 Å². The van der Waals surface area contributed by atoms with E-state index in [0.29, 0.717) is 38.7 Å². The molecule has 2 heterocycles. The lowest BCUT2D eigenvalue weighted by atomic mass is 9.94. The third-order valence-electron chi connectivity index (χ3n) is 7.87. The number of hydrogen-bond acceptors (Lipinski definition) is 5. The minimum atomic E-state index is -0.535. The average Bonchev–Trinajstić information content (AvgIpc) is 2.93. The van der Waals surface area contributed by atoms with Gasteiger partial charge in [0.25, 0.3) is 0 Å². The van der Waals surface area contributed by atoms with Crippen molar-refractivity contribution in [3.63, 3.8) is 0 Å². The molecule has 40 heavy (non-hydrogen) atoms. The van der Waals surface area contributed by atoms with Gasteiger partial charge < -0.3 is 24.0 Å². The van der Waals surface area contributed by atoms with Crippen LogP contribution in [-0.4, -0.2) is 67.0 Å². The number of nitrogens with zero attached hydrogens (tertiary/aromatic N) is 2. The molecule has 0 aliphatic carbocycles. The minimum Gasteiger partial charge on any atom is -0.493 e. The standard InChI is InChI=1S/C33H47FN2O4/c1-25(2)22-38-30-12-8-26(9-13-30)20-31(37)36(21-27-6-10-28(34)11-7-27)29-14-17-35(18-15-29)19-16-33(5)39-23-32(3,4)24-40-33/h6-13,25,29H,14-24H2,1-5H3. The van der Waals surface area contributed by atoms with Gasteiger partial charge in [-0.3, -0.25) is 4.79 Å². The number of hydrogen-bond donors (Lipinski definition) is 0. The number of rotatable bonds is 11. The molecular formula is C33H47FN2O4. The van der Waals surface area contributed by atoms with Gasteiger partial charge in [0.15, 0.2) is 5.79 Å². The summed E-state index contributed by atoms with van der Waals surface area (Å²) in [5.74, 6) is 0.571. The number of carbonyl (C=O) groups excluding carboxylic acids is 1. The Morgan fingerprint density at radius 3 is 2.20 bits per heavy atom. The normalized spacial score (nSPS) is 19.5. The predicted molar refractivity (Wildman–Crippen MR) is 156 cm³/mol. The first-order valence-corrected chi connectivity index (χ1v) is 14.8. The summed E-state index contributed by atoms with van der Waals surface area (Å²) >= 11 is 0. The van der Waals surface area contributed by atoms with E-state index in [-0.39, 0.29) is 23.2 Å². The molecule has 0 unspecified atom stereocenters. The van der Waals surface area contributed by atoms with E-state index < -0.39 is 5.79 Å². The second kappa shape index (κ2) is 13.5. The van der Waals surface area contributed by atoms with Crippen molar-refractivity contribution in [3.05, 3.63) is 65.5 Å². The third-order valence-corrected chi connectivity index (χ3v) is 7.87. The Morgan fingerprint density at radius 2 is 1.60 bits per heavy atom. The zero-order valence-electron chi connectivity index (χ0n) is 25.0. The smallest absolute Gasteiger partial charge is 0.227 e. The second-order valence-corrected chi connectivity index (χ2v) is 12.9. The molecule has 2 saturated heterocycles. The molecule has 4 rings (SSSR count). The van der Waals surface area contributed by atoms with Crippen LogP contribution in [0.1, 0.15) is 65.0 Å². The quantitative estimate of drug-likeness (QED) is 0.337. The molecule has 0 radical (unpaired) electrons. The van der Waals surface area contributed by atoms with Gasteiger partial charge in [-0.1, -0.05) is 52.0 Å². The Labute approximate surface area is 239 Å². The van der Waals surface area contributed by atoms with Crippen molar-refractivity contribution in [1.82, 2.24) is 9.80 Å². The van der Waals surface area contributed by atoms with Gasteiger partial charge in [0.2, 0.25) is 5.91 Å². The Hall–Kier alpha value is -2.48. The fourth-order valence-electron chi connectivity index (χ4n) is 5.19. The Bertz CT molecular complexity index is 1070. The summed E-state index contributed by atoms with van der Waals surface area (Å²) < 4.78 is 31.5. The molecule has 0 aromatic heterocycles. The van der Waals surface area contributed by atoms with Gasteiger partial charge in [-0.25, -0.2) is 4.39 Å². The zero-order chi connectivity index (χ0) is 28.8. The highest BCUT2D eigenvalue weighted by molar-refractivity contribution is 5.79. The van der Waals surface area contributed by atoms with Crippen molar-refractivity contribution in [1.29, 1.82) is 0 Å². The molecule has 2 fully saturated rings. The van der Waals surface area contributed by atoms with E-state index >= 15 is 0 Å². The van der Waals surface area contributed by atoms with Crippen LogP contribution in [0, 0.1) is 17.2 Å². The summed E-state index contributed by atoms with van der Waals surface area (Å²) in [6.45, 7) is 15.9. The van der Waals surface area contributed by atoms with Crippen LogP contribution in [-0.2, 0) is 27.2 Å². The van der Waals surface area contributed by atoms with E-state index in [0.717, 1.165) is 55.8 Å². The summed E-state index contributed by atoms with van der Waals surface area (Å²) in [5, 5.41) is 0. The molecule has 2 aromatic rings. The van der Waals surface area contributed by atoms with Gasteiger partial charge in [0, 0.05) is 44.1 Å². The molecule has 0 spiro atoms. The molecule has 0 atom stereocenters. The molecule has 0 bridgehead atoms. The van der Waals surface area contributed by atoms with Crippen molar-refractivity contribution in [2.45, 2.75) is 78.7 Å². The number of amides is 1. The van der Waals surface area contributed by atoms with Crippen molar-refractivity contribution < 1.29 is 23.4 Å². The maximum absolute atomic E-state index is 13.7. The lowest BCUT2D eigenvalue weighted by molar-refractivity contribution is -0.292. The molecule has 2 aliphatic heterocycles. The SMILES string of the molecule is CC(C)COc1ccc(CC(=O)N(Cc2ccc(F)cc2)C2CCN(CCC3(C)OCC(C)(C)CO3)CC2)cc1. The summed E-state index contributed by atoms with van der Waals surface area (Å²) in [6, 6.07) is 14.5. The number of ether oxygens (including phenoxy) is 3. The number of carbonyl (C=O) groups is 1. The first-order valence-electron chi connectivity index (χ1n) is 14.8. The summed E-state index contributed by atoms with van der Waals surface area (Å²) in [4.78, 5) is 18.1. The first kappa shape index (κ1) is 30.5. The highest BCUT2D eigenvalue weighted by Gasteiger charge is 2.37. The maximum atomic E-state index is 13.7. The number of halogens is 1. The van der Waals surface area contributed by atoms with E-state index in [4.69, 9.17) is 14.2 Å². The number of likely N-dealkylation sites (tertiary alicyclic amines) is 1. The van der Waals surface area contributed by atoms with Crippen LogP contribution in [0.15, 0.2) is 48.5 Å². The molecule has 0 N–H and O–H groups in total. The Balaban J connectivity index is 1.35. The van der Waals surface area contributed by atoms with Gasteiger partial charge in [-0.05, 0) is 61.1 Å². The predicted octanol–water partition coefficient (Wildman–Crippen LogP) is 6.08. The largest absolute Gasteiger partial charge is 0.493 e. The first-order chi connectivity index (χ1) is 19.0. The topological polar surface area (TPSA) is 51.2 Å². The van der Waals surface area contributed by atoms with Crippen LogP contribution >= 0.6 is 0 Å². The number of benzene rings is 2. The fourth-order valence-corrected chi connectivity index (χ4v) is 5.19. The zero-order valence-corrected chi connectivity index (χ0v) is 25.0. The fraction of sp³-hybridized carbons (Fsp3) is 0.606. The van der Waals surface area contributed by atoms with E-state index in [1.807, 2.05) is 36.1 Å². The minimum absolute atomic E-state index is 0.0575. The summed E-state index contributed by atoms with van der Waals surface area (Å²) in [7, 11) is 0. The van der Waals surface area contributed by atoms with Gasteiger partial charge in [0.05, 0.1) is 26.2 Å². The molecular weight excluding hydrogens is 507 g/mol. The summed E-state index contributed by atoms with van der Waals surface area (Å²) in [5.41, 5.74) is 1.96. The van der Waals surface area contributed by atoms with E-state index in [1.165, 1.54) is 12.1 Å². The Kier molecular flexibility index (Phi) is 10.3. The van der Waals surface area contributed by atoms with E-state index in [9.17, 15) is 9.18 Å². The highest BCUT2D eigenvalue weighted by atomic mass is 19.1. The van der Waals surface area contributed by atoms with Crippen LogP contribution in [0.25, 0.3) is 0 Å². The summed E-state index contributed by atoms with van der Waals surface area (Å²) in [6.07, 6.45) is 2.96. The molecule has 1 amide bonds. The lowest BCUT2D eigenvalue weighted by Gasteiger charge is -2.43. The molecule has 6 nitrogen and oxygen atoms in total. The second-order valence-electron chi connectivity index (χ2n) is 12.9. The molecule has 7 heteroatoms. The van der Waals surface area contributed by atoms with Crippen LogP contribution in [0.3, 0.4) is 0 Å². The number of piperidine rings is 1. The monoisotopic (exact) mass is 554 g/mol. The van der Waals surface area contributed by atoms with Crippen molar-refractivity contribution in [2.24, 2.45) is 11.3 Å². The van der Waals surface area contributed by atoms with Crippen LogP contribution < -0.4 is 4.74 Å². The van der Waals surface area contributed by atoms with Crippen LogP contribution in [0.2, 0.25) is 0 Å². The van der Waals surface area contributed by atoms with Crippen molar-refractivity contribution >= 4 is 5.91 Å². The average molecular weight is 555 g/mol. The molecule has 0 saturated carbocycles. The Morgan fingerprint density at radius 1 is 1.00 bits per heavy atom. The van der Waals surface area contributed by atoms with Crippen LogP contribution in [0.4, 0.5) is 4.39 Å². The lowest BCUT2D eigenvalue weighted by Crippen LogP contribution is -2.50. The molecule has 2 aromatic carbocycles. The van der Waals surface area contributed by atoms with Crippen LogP contribution in [0.5, 0.6) is 5.75 Å². The van der Waals surface area contributed by atoms with Gasteiger partial charge in [-0.2, -0.15) is 0 Å². The maximum Gasteiger partial charge on any atom is 0.227 e. The van der Waals surface area contributed by atoms with Gasteiger partial charge in [-0.15, -0.1) is 0 Å². The highest BCUT2D eigenvalue weighted by Crippen LogP contribution is 2.32. The third kappa shape index (κ3) is 9.02. The van der Waals surface area contributed by atoms with Gasteiger partial charge in [0.1, 0.15) is 11.6 Å². The molecule has 2 aliphatic rings.